The van der Waals surface area contributed by atoms with Crippen LogP contribution in [-0.2, 0) is 12.8 Å². The van der Waals surface area contributed by atoms with Crippen molar-refractivity contribution in [1.29, 1.82) is 0 Å². The van der Waals surface area contributed by atoms with E-state index in [1.807, 2.05) is 33.3 Å². The van der Waals surface area contributed by atoms with E-state index in [4.69, 9.17) is 10.2 Å². The molecule has 6 aromatic heterocycles. The van der Waals surface area contributed by atoms with Crippen LogP contribution in [0.3, 0.4) is 0 Å². The second-order valence-corrected chi connectivity index (χ2v) is 9.19. The molecule has 0 radical (unpaired) electrons. The normalized spacial score (nSPS) is 11.6. The molecule has 0 N–H and O–H groups in total. The highest BCUT2D eigenvalue weighted by Gasteiger charge is 2.15. The zero-order valence-corrected chi connectivity index (χ0v) is 18.4. The lowest BCUT2D eigenvalue weighted by Gasteiger charge is -1.97. The number of unbranched alkanes of at least 4 members (excludes halogenated alkanes) is 1. The van der Waals surface area contributed by atoms with Crippen molar-refractivity contribution in [3.8, 4) is 22.8 Å². The molecule has 0 spiro atoms. The quantitative estimate of drug-likeness (QED) is 0.333. The molecular formula is C20H16N10S2. The minimum Gasteiger partial charge on any atom is -0.265 e. The molecule has 0 bridgehead atoms. The molecule has 0 saturated carbocycles. The Morgan fingerprint density at radius 2 is 1.03 bits per heavy atom. The molecule has 0 atom stereocenters. The summed E-state index contributed by atoms with van der Waals surface area (Å²) in [6.45, 7) is 0. The Morgan fingerprint density at radius 1 is 0.594 bits per heavy atom. The van der Waals surface area contributed by atoms with Gasteiger partial charge in [0.05, 0.1) is 0 Å². The SMILES string of the molecule is c1cc(-c2nnc3sc(CCCCc4nn5c(-c6ccncc6)nnc5s4)nn23)ccn1. The van der Waals surface area contributed by atoms with Crippen LogP contribution in [0.4, 0.5) is 0 Å². The maximum Gasteiger partial charge on any atom is 0.234 e. The number of pyridine rings is 2. The van der Waals surface area contributed by atoms with Gasteiger partial charge in [-0.1, -0.05) is 22.7 Å². The van der Waals surface area contributed by atoms with Crippen LogP contribution in [0.5, 0.6) is 0 Å². The van der Waals surface area contributed by atoms with Crippen molar-refractivity contribution in [3.05, 3.63) is 59.1 Å². The Morgan fingerprint density at radius 3 is 1.47 bits per heavy atom. The highest BCUT2D eigenvalue weighted by Crippen LogP contribution is 2.24. The Balaban J connectivity index is 1.11. The molecule has 158 valence electrons. The van der Waals surface area contributed by atoms with Crippen LogP contribution in [0.25, 0.3) is 32.7 Å². The van der Waals surface area contributed by atoms with E-state index in [1.54, 1.807) is 47.5 Å². The monoisotopic (exact) mass is 460 g/mol. The van der Waals surface area contributed by atoms with Gasteiger partial charge in [0.2, 0.25) is 9.92 Å². The molecule has 6 aromatic rings. The Hall–Kier alpha value is -3.64. The molecule has 0 saturated heterocycles. The average molecular weight is 461 g/mol. The van der Waals surface area contributed by atoms with Crippen LogP contribution < -0.4 is 0 Å². The highest BCUT2D eigenvalue weighted by atomic mass is 32.1. The minimum atomic E-state index is 0.745. The van der Waals surface area contributed by atoms with Gasteiger partial charge in [0, 0.05) is 48.8 Å². The van der Waals surface area contributed by atoms with Gasteiger partial charge in [-0.25, -0.2) is 0 Å². The summed E-state index contributed by atoms with van der Waals surface area (Å²) < 4.78 is 3.64. The van der Waals surface area contributed by atoms with E-state index in [2.05, 4.69) is 30.4 Å². The minimum absolute atomic E-state index is 0.745. The Kier molecular flexibility index (Phi) is 4.85. The van der Waals surface area contributed by atoms with Crippen molar-refractivity contribution >= 4 is 32.6 Å². The molecule has 0 unspecified atom stereocenters. The van der Waals surface area contributed by atoms with E-state index in [0.717, 1.165) is 68.4 Å². The molecule has 0 amide bonds. The number of rotatable bonds is 7. The van der Waals surface area contributed by atoms with Crippen molar-refractivity contribution in [3.63, 3.8) is 0 Å². The third-order valence-corrected chi connectivity index (χ3v) is 6.89. The number of hydrogen-bond donors (Lipinski definition) is 0. The van der Waals surface area contributed by atoms with Gasteiger partial charge in [0.25, 0.3) is 0 Å². The van der Waals surface area contributed by atoms with Crippen LogP contribution >= 0.6 is 22.7 Å². The zero-order valence-electron chi connectivity index (χ0n) is 16.7. The number of nitrogens with zero attached hydrogens (tertiary/aromatic N) is 10. The second-order valence-electron chi connectivity index (χ2n) is 7.11. The van der Waals surface area contributed by atoms with Crippen molar-refractivity contribution in [2.24, 2.45) is 0 Å². The predicted molar refractivity (Wildman–Crippen MR) is 120 cm³/mol. The zero-order chi connectivity index (χ0) is 21.3. The first kappa shape index (κ1) is 19.1. The van der Waals surface area contributed by atoms with Crippen LogP contribution in [-0.4, -0.2) is 49.6 Å². The smallest absolute Gasteiger partial charge is 0.234 e. The van der Waals surface area contributed by atoms with E-state index in [1.165, 1.54) is 0 Å². The number of aromatic nitrogens is 10. The molecule has 32 heavy (non-hydrogen) atoms. The summed E-state index contributed by atoms with van der Waals surface area (Å²) in [4.78, 5) is 9.73. The van der Waals surface area contributed by atoms with E-state index in [0.29, 0.717) is 0 Å². The third-order valence-electron chi connectivity index (χ3n) is 4.97. The van der Waals surface area contributed by atoms with E-state index < -0.39 is 0 Å². The summed E-state index contributed by atoms with van der Waals surface area (Å²) in [5.74, 6) is 1.49. The standard InChI is InChI=1S/C20H16N10S2/c1(3-15-27-29-17(23-25-19(29)31-15)13-5-9-21-10-6-13)2-4-16-28-30-18(24-26-20(30)32-16)14-7-11-22-12-8-14/h5-12H,1-4H2. The molecule has 12 heteroatoms. The second kappa shape index (κ2) is 8.13. The number of aryl methyl sites for hydroxylation is 2. The van der Waals surface area contributed by atoms with E-state index >= 15 is 0 Å². The van der Waals surface area contributed by atoms with Crippen LogP contribution in [0.1, 0.15) is 22.9 Å². The van der Waals surface area contributed by atoms with Crippen molar-refractivity contribution in [1.82, 2.24) is 49.6 Å². The van der Waals surface area contributed by atoms with Crippen molar-refractivity contribution in [2.75, 3.05) is 0 Å². The van der Waals surface area contributed by atoms with E-state index in [9.17, 15) is 0 Å². The van der Waals surface area contributed by atoms with Crippen LogP contribution in [0.2, 0.25) is 0 Å². The summed E-state index contributed by atoms with van der Waals surface area (Å²) in [7, 11) is 0. The highest BCUT2D eigenvalue weighted by molar-refractivity contribution is 7.17. The molecule has 0 fully saturated rings. The summed E-state index contributed by atoms with van der Waals surface area (Å²) in [6, 6.07) is 7.65. The molecule has 10 nitrogen and oxygen atoms in total. The predicted octanol–water partition coefficient (Wildman–Crippen LogP) is 3.37. The first-order valence-corrected chi connectivity index (χ1v) is 11.7. The fraction of sp³-hybridized carbons (Fsp3) is 0.200. The van der Waals surface area contributed by atoms with Gasteiger partial charge in [-0.05, 0) is 37.1 Å². The van der Waals surface area contributed by atoms with Gasteiger partial charge in [0.1, 0.15) is 10.0 Å². The lowest BCUT2D eigenvalue weighted by atomic mass is 10.2. The first-order valence-electron chi connectivity index (χ1n) is 10.1. The summed E-state index contributed by atoms with van der Waals surface area (Å²) in [5.41, 5.74) is 1.91. The van der Waals surface area contributed by atoms with Crippen molar-refractivity contribution < 1.29 is 0 Å². The van der Waals surface area contributed by atoms with Crippen LogP contribution in [0, 0.1) is 0 Å². The van der Waals surface area contributed by atoms with Gasteiger partial charge in [-0.3, -0.25) is 9.97 Å². The summed E-state index contributed by atoms with van der Waals surface area (Å²) in [6.07, 6.45) is 10.8. The Bertz CT molecular complexity index is 1370. The van der Waals surface area contributed by atoms with Gasteiger partial charge in [0.15, 0.2) is 11.6 Å². The fourth-order valence-corrected chi connectivity index (χ4v) is 5.18. The molecule has 6 rings (SSSR count). The van der Waals surface area contributed by atoms with Gasteiger partial charge in [-0.15, -0.1) is 20.4 Å². The third kappa shape index (κ3) is 3.52. The maximum absolute atomic E-state index is 4.71. The summed E-state index contributed by atoms with van der Waals surface area (Å²) >= 11 is 3.17. The van der Waals surface area contributed by atoms with Gasteiger partial charge < -0.3 is 0 Å². The molecule has 0 aromatic carbocycles. The largest absolute Gasteiger partial charge is 0.265 e. The molecule has 0 aliphatic carbocycles. The molecule has 0 aliphatic heterocycles. The average Bonchev–Trinajstić information content (AvgIpc) is 3.58. The number of hydrogen-bond acceptors (Lipinski definition) is 10. The topological polar surface area (TPSA) is 112 Å². The summed E-state index contributed by atoms with van der Waals surface area (Å²) in [5, 5.41) is 28.6. The molecule has 0 aliphatic rings. The lowest BCUT2D eigenvalue weighted by Crippen LogP contribution is -1.95. The maximum atomic E-state index is 4.71. The van der Waals surface area contributed by atoms with Gasteiger partial charge in [-0.2, -0.15) is 19.2 Å². The molecule has 6 heterocycles. The van der Waals surface area contributed by atoms with Gasteiger partial charge >= 0.3 is 0 Å². The molecular weight excluding hydrogens is 444 g/mol. The fourth-order valence-electron chi connectivity index (χ4n) is 3.43. The van der Waals surface area contributed by atoms with E-state index in [-0.39, 0.29) is 0 Å². The lowest BCUT2D eigenvalue weighted by molar-refractivity contribution is 0.710. The number of fused-ring (bicyclic) bond motifs is 2. The Labute approximate surface area is 189 Å². The van der Waals surface area contributed by atoms with Crippen molar-refractivity contribution in [2.45, 2.75) is 25.7 Å². The van der Waals surface area contributed by atoms with Crippen LogP contribution in [0.15, 0.2) is 49.1 Å². The first-order chi connectivity index (χ1) is 15.8.